The molecule has 1 heterocycles. The fourth-order valence-corrected chi connectivity index (χ4v) is 1.87. The Hall–Kier alpha value is -1.20. The molecule has 0 aliphatic rings. The molecule has 0 aliphatic heterocycles. The fraction of sp³-hybridized carbons (Fsp3) is 0.222. The molecule has 1 rings (SSSR count). The third kappa shape index (κ3) is 2.93. The van der Waals surface area contributed by atoms with Crippen LogP contribution in [0.15, 0.2) is 42.1 Å². The van der Waals surface area contributed by atoms with Crippen LogP contribution in [0, 0.1) is 0 Å². The van der Waals surface area contributed by atoms with Crippen LogP contribution in [0.2, 0.25) is 0 Å². The molecule has 1 aromatic heterocycles. The minimum Gasteiger partial charge on any atom is -0.243 e. The smallest absolute Gasteiger partial charge is 0.243 e. The van der Waals surface area contributed by atoms with Gasteiger partial charge < -0.3 is 0 Å². The second-order valence-corrected chi connectivity index (χ2v) is 4.36. The second kappa shape index (κ2) is 4.88. The van der Waals surface area contributed by atoms with Crippen molar-refractivity contribution in [1.82, 2.24) is 9.71 Å². The van der Waals surface area contributed by atoms with Gasteiger partial charge in [0.05, 0.1) is 0 Å². The van der Waals surface area contributed by atoms with E-state index in [0.29, 0.717) is 13.0 Å². The molecule has 0 aliphatic carbocycles. The Balaban J connectivity index is 2.72. The van der Waals surface area contributed by atoms with Crippen LogP contribution < -0.4 is 4.72 Å². The van der Waals surface area contributed by atoms with Gasteiger partial charge in [-0.2, -0.15) is 0 Å². The van der Waals surface area contributed by atoms with Gasteiger partial charge >= 0.3 is 0 Å². The average molecular weight is 212 g/mol. The topological polar surface area (TPSA) is 59.1 Å². The van der Waals surface area contributed by atoms with Gasteiger partial charge in [-0.25, -0.2) is 18.1 Å². The highest BCUT2D eigenvalue weighted by Crippen LogP contribution is 2.02. The maximum absolute atomic E-state index is 11.5. The number of sulfonamides is 1. The number of hydrogen-bond donors (Lipinski definition) is 1. The molecule has 1 aromatic rings. The van der Waals surface area contributed by atoms with Gasteiger partial charge in [-0.3, -0.25) is 0 Å². The first kappa shape index (κ1) is 10.9. The molecule has 0 saturated carbocycles. The Morgan fingerprint density at radius 1 is 1.50 bits per heavy atom. The summed E-state index contributed by atoms with van der Waals surface area (Å²) in [5, 5.41) is 0.0454. The van der Waals surface area contributed by atoms with E-state index < -0.39 is 10.0 Å². The molecule has 0 fully saturated rings. The van der Waals surface area contributed by atoms with Gasteiger partial charge in [-0.15, -0.1) is 6.58 Å². The van der Waals surface area contributed by atoms with Crippen LogP contribution in [0.25, 0.3) is 0 Å². The molecule has 0 bridgehead atoms. The minimum atomic E-state index is -3.44. The van der Waals surface area contributed by atoms with E-state index >= 15 is 0 Å². The summed E-state index contributed by atoms with van der Waals surface area (Å²) in [5.41, 5.74) is 0. The van der Waals surface area contributed by atoms with E-state index in [2.05, 4.69) is 16.3 Å². The molecular weight excluding hydrogens is 200 g/mol. The van der Waals surface area contributed by atoms with E-state index in [4.69, 9.17) is 0 Å². The molecule has 1 N–H and O–H groups in total. The van der Waals surface area contributed by atoms with Gasteiger partial charge in [0, 0.05) is 12.7 Å². The number of rotatable bonds is 5. The zero-order valence-electron chi connectivity index (χ0n) is 7.68. The zero-order chi connectivity index (χ0) is 10.4. The van der Waals surface area contributed by atoms with Crippen LogP contribution in [0.1, 0.15) is 6.42 Å². The molecule has 4 nitrogen and oxygen atoms in total. The third-order valence-corrected chi connectivity index (χ3v) is 2.93. The largest absolute Gasteiger partial charge is 0.258 e. The molecule has 0 atom stereocenters. The predicted molar refractivity (Wildman–Crippen MR) is 54.2 cm³/mol. The van der Waals surface area contributed by atoms with Crippen LogP contribution >= 0.6 is 0 Å². The van der Waals surface area contributed by atoms with Crippen molar-refractivity contribution >= 4 is 10.0 Å². The normalized spacial score (nSPS) is 11.1. The van der Waals surface area contributed by atoms with Gasteiger partial charge in [-0.05, 0) is 18.6 Å². The van der Waals surface area contributed by atoms with Crippen molar-refractivity contribution in [2.24, 2.45) is 0 Å². The summed E-state index contributed by atoms with van der Waals surface area (Å²) in [5.74, 6) is 0. The predicted octanol–water partition coefficient (Wildman–Crippen LogP) is 0.936. The summed E-state index contributed by atoms with van der Waals surface area (Å²) < 4.78 is 25.4. The molecule has 76 valence electrons. The van der Waals surface area contributed by atoms with Gasteiger partial charge in [0.25, 0.3) is 10.0 Å². The van der Waals surface area contributed by atoms with Gasteiger partial charge in [-0.1, -0.05) is 12.1 Å². The van der Waals surface area contributed by atoms with Crippen molar-refractivity contribution in [2.75, 3.05) is 6.54 Å². The Morgan fingerprint density at radius 3 is 2.86 bits per heavy atom. The summed E-state index contributed by atoms with van der Waals surface area (Å²) in [4.78, 5) is 3.75. The van der Waals surface area contributed by atoms with Crippen molar-refractivity contribution in [3.63, 3.8) is 0 Å². The first-order chi connectivity index (χ1) is 6.67. The van der Waals surface area contributed by atoms with Gasteiger partial charge in [0.2, 0.25) is 0 Å². The van der Waals surface area contributed by atoms with E-state index in [9.17, 15) is 8.42 Å². The lowest BCUT2D eigenvalue weighted by atomic mass is 10.4. The van der Waals surface area contributed by atoms with E-state index in [-0.39, 0.29) is 5.03 Å². The number of pyridine rings is 1. The lowest BCUT2D eigenvalue weighted by Crippen LogP contribution is -2.25. The molecule has 0 unspecified atom stereocenters. The SMILES string of the molecule is C=CCCNS(=O)(=O)c1ccccn1. The Bertz CT molecular complexity index is 387. The quantitative estimate of drug-likeness (QED) is 0.583. The van der Waals surface area contributed by atoms with Crippen LogP contribution in [-0.4, -0.2) is 19.9 Å². The first-order valence-corrected chi connectivity index (χ1v) is 5.67. The monoisotopic (exact) mass is 212 g/mol. The molecule has 0 radical (unpaired) electrons. The van der Waals surface area contributed by atoms with Crippen LogP contribution in [0.5, 0.6) is 0 Å². The third-order valence-electron chi connectivity index (χ3n) is 1.55. The number of hydrogen-bond acceptors (Lipinski definition) is 3. The summed E-state index contributed by atoms with van der Waals surface area (Å²) in [6.07, 6.45) is 3.70. The molecule has 14 heavy (non-hydrogen) atoms. The number of aromatic nitrogens is 1. The van der Waals surface area contributed by atoms with Crippen molar-refractivity contribution in [2.45, 2.75) is 11.4 Å². The van der Waals surface area contributed by atoms with Crippen molar-refractivity contribution < 1.29 is 8.42 Å². The molecule has 0 amide bonds. The molecule has 0 aromatic carbocycles. The average Bonchev–Trinajstić information content (AvgIpc) is 2.19. The summed E-state index contributed by atoms with van der Waals surface area (Å²) >= 11 is 0. The standard InChI is InChI=1S/C9H12N2O2S/c1-2-3-8-11-14(12,13)9-6-4-5-7-10-9/h2,4-7,11H,1,3,8H2. The van der Waals surface area contributed by atoms with Gasteiger partial charge in [0.15, 0.2) is 5.03 Å². The van der Waals surface area contributed by atoms with E-state index in [0.717, 1.165) is 0 Å². The van der Waals surface area contributed by atoms with Crippen LogP contribution in [0.3, 0.4) is 0 Å². The molecule has 0 saturated heterocycles. The van der Waals surface area contributed by atoms with Crippen molar-refractivity contribution in [3.8, 4) is 0 Å². The van der Waals surface area contributed by atoms with E-state index in [1.54, 1.807) is 18.2 Å². The highest BCUT2D eigenvalue weighted by atomic mass is 32.2. The maximum Gasteiger partial charge on any atom is 0.258 e. The number of nitrogens with one attached hydrogen (secondary N) is 1. The Kier molecular flexibility index (Phi) is 3.79. The molecule has 0 spiro atoms. The minimum absolute atomic E-state index is 0.0454. The number of nitrogens with zero attached hydrogens (tertiary/aromatic N) is 1. The first-order valence-electron chi connectivity index (χ1n) is 4.18. The van der Waals surface area contributed by atoms with E-state index in [1.807, 2.05) is 0 Å². The lowest BCUT2D eigenvalue weighted by molar-refractivity contribution is 0.578. The Morgan fingerprint density at radius 2 is 2.29 bits per heavy atom. The zero-order valence-corrected chi connectivity index (χ0v) is 8.50. The van der Waals surface area contributed by atoms with E-state index in [1.165, 1.54) is 12.3 Å². The highest BCUT2D eigenvalue weighted by molar-refractivity contribution is 7.89. The molecule has 5 heteroatoms. The highest BCUT2D eigenvalue weighted by Gasteiger charge is 2.12. The fourth-order valence-electron chi connectivity index (χ4n) is 0.875. The maximum atomic E-state index is 11.5. The molecular formula is C9H12N2O2S. The second-order valence-electron chi connectivity index (χ2n) is 2.64. The Labute approximate surface area is 83.7 Å². The van der Waals surface area contributed by atoms with Crippen LogP contribution in [-0.2, 0) is 10.0 Å². The lowest BCUT2D eigenvalue weighted by Gasteiger charge is -2.03. The van der Waals surface area contributed by atoms with Crippen molar-refractivity contribution in [3.05, 3.63) is 37.1 Å². The summed E-state index contributed by atoms with van der Waals surface area (Å²) in [6, 6.07) is 4.76. The van der Waals surface area contributed by atoms with Crippen molar-refractivity contribution in [1.29, 1.82) is 0 Å². The summed E-state index contributed by atoms with van der Waals surface area (Å²) in [7, 11) is -3.44. The summed E-state index contributed by atoms with van der Waals surface area (Å²) in [6.45, 7) is 3.85. The van der Waals surface area contributed by atoms with Gasteiger partial charge in [0.1, 0.15) is 0 Å². The van der Waals surface area contributed by atoms with Crippen LogP contribution in [0.4, 0.5) is 0 Å².